The van der Waals surface area contributed by atoms with Crippen LogP contribution in [0.25, 0.3) is 11.1 Å². The summed E-state index contributed by atoms with van der Waals surface area (Å²) in [4.78, 5) is 25.9. The highest BCUT2D eigenvalue weighted by molar-refractivity contribution is 6.00. The number of likely N-dealkylation sites (tertiary alicyclic amines) is 1. The number of carbonyl (C=O) groups is 2. The summed E-state index contributed by atoms with van der Waals surface area (Å²) in [6.45, 7) is 1.42. The second-order valence-corrected chi connectivity index (χ2v) is 6.75. The van der Waals surface area contributed by atoms with Crippen LogP contribution in [0.3, 0.4) is 0 Å². The second kappa shape index (κ2) is 5.67. The highest BCUT2D eigenvalue weighted by atomic mass is 19.1. The van der Waals surface area contributed by atoms with E-state index in [1.807, 2.05) is 4.90 Å². The molecule has 0 bridgehead atoms. The first-order chi connectivity index (χ1) is 12.0. The molecule has 6 heteroatoms. The molecule has 128 valence electrons. The first-order valence-corrected chi connectivity index (χ1v) is 8.20. The lowest BCUT2D eigenvalue weighted by molar-refractivity contribution is 0.0773. The fourth-order valence-electron chi connectivity index (χ4n) is 3.68. The molecular weight excluding hydrogens is 321 g/mol. The van der Waals surface area contributed by atoms with Gasteiger partial charge in [0, 0.05) is 30.3 Å². The first-order valence-electron chi connectivity index (χ1n) is 8.20. The minimum absolute atomic E-state index is 0.0275. The van der Waals surface area contributed by atoms with Gasteiger partial charge in [0.1, 0.15) is 5.82 Å². The van der Waals surface area contributed by atoms with E-state index >= 15 is 0 Å². The first kappa shape index (κ1) is 15.8. The number of amides is 2. The highest BCUT2D eigenvalue weighted by Crippen LogP contribution is 2.44. The molecule has 2 aliphatic rings. The standard InChI is InChI=1S/C19H18FN3O2/c20-12-5-6-13(18(22)24)14(7-12)10-1-3-11(4-2-10)19(25)23-8-15-16(9-23)17(15)21/h1-7,15-17H,8-9,21H2,(H2,22,24). The predicted octanol–water partition coefficient (Wildman–Crippen LogP) is 1.62. The Kier molecular flexibility index (Phi) is 3.58. The number of nitrogens with zero attached hydrogens (tertiary/aromatic N) is 1. The van der Waals surface area contributed by atoms with Gasteiger partial charge in [0.2, 0.25) is 5.91 Å². The molecule has 1 saturated carbocycles. The van der Waals surface area contributed by atoms with E-state index in [9.17, 15) is 14.0 Å². The molecule has 25 heavy (non-hydrogen) atoms. The monoisotopic (exact) mass is 339 g/mol. The van der Waals surface area contributed by atoms with Crippen molar-refractivity contribution in [3.05, 3.63) is 59.4 Å². The number of halogens is 1. The van der Waals surface area contributed by atoms with Crippen LogP contribution >= 0.6 is 0 Å². The number of hydrogen-bond acceptors (Lipinski definition) is 3. The summed E-state index contributed by atoms with van der Waals surface area (Å²) in [5.74, 6) is -0.224. The Bertz CT molecular complexity index is 853. The van der Waals surface area contributed by atoms with Crippen molar-refractivity contribution in [2.75, 3.05) is 13.1 Å². The molecule has 2 amide bonds. The van der Waals surface area contributed by atoms with E-state index in [0.717, 1.165) is 0 Å². The average molecular weight is 339 g/mol. The molecule has 1 saturated heterocycles. The van der Waals surface area contributed by atoms with Gasteiger partial charge in [0.25, 0.3) is 5.91 Å². The largest absolute Gasteiger partial charge is 0.366 e. The van der Waals surface area contributed by atoms with Crippen molar-refractivity contribution in [2.24, 2.45) is 23.3 Å². The third kappa shape index (κ3) is 2.68. The van der Waals surface area contributed by atoms with E-state index < -0.39 is 11.7 Å². The molecule has 2 aromatic rings. The van der Waals surface area contributed by atoms with E-state index in [0.29, 0.717) is 41.6 Å². The maximum Gasteiger partial charge on any atom is 0.253 e. The SMILES string of the molecule is NC(=O)c1ccc(F)cc1-c1ccc(C(=O)N2CC3C(N)C3C2)cc1. The zero-order valence-electron chi connectivity index (χ0n) is 13.5. The van der Waals surface area contributed by atoms with Crippen LogP contribution in [-0.4, -0.2) is 35.8 Å². The van der Waals surface area contributed by atoms with Crippen LogP contribution in [0.4, 0.5) is 4.39 Å². The minimum atomic E-state index is -0.622. The van der Waals surface area contributed by atoms with Crippen LogP contribution < -0.4 is 11.5 Å². The van der Waals surface area contributed by atoms with Crippen LogP contribution in [0, 0.1) is 17.7 Å². The number of carbonyl (C=O) groups excluding carboxylic acids is 2. The summed E-state index contributed by atoms with van der Waals surface area (Å²) in [6.07, 6.45) is 0. The minimum Gasteiger partial charge on any atom is -0.366 e. The predicted molar refractivity (Wildman–Crippen MR) is 91.2 cm³/mol. The van der Waals surface area contributed by atoms with Gasteiger partial charge >= 0.3 is 0 Å². The Morgan fingerprint density at radius 2 is 1.68 bits per heavy atom. The van der Waals surface area contributed by atoms with Gasteiger partial charge in [-0.1, -0.05) is 12.1 Å². The topological polar surface area (TPSA) is 89.4 Å². The smallest absolute Gasteiger partial charge is 0.253 e. The van der Waals surface area contributed by atoms with Gasteiger partial charge in [-0.25, -0.2) is 4.39 Å². The number of fused-ring (bicyclic) bond motifs is 1. The fourth-order valence-corrected chi connectivity index (χ4v) is 3.68. The number of primary amides is 1. The molecule has 2 fully saturated rings. The summed E-state index contributed by atoms with van der Waals surface area (Å²) >= 11 is 0. The third-order valence-corrected chi connectivity index (χ3v) is 5.24. The van der Waals surface area contributed by atoms with Gasteiger partial charge < -0.3 is 16.4 Å². The van der Waals surface area contributed by atoms with Crippen molar-refractivity contribution < 1.29 is 14.0 Å². The van der Waals surface area contributed by atoms with Gasteiger partial charge in [-0.3, -0.25) is 9.59 Å². The van der Waals surface area contributed by atoms with Crippen LogP contribution in [0.2, 0.25) is 0 Å². The Labute approximate surface area is 144 Å². The van der Waals surface area contributed by atoms with E-state index in [2.05, 4.69) is 0 Å². The highest BCUT2D eigenvalue weighted by Gasteiger charge is 2.54. The van der Waals surface area contributed by atoms with Crippen molar-refractivity contribution in [1.29, 1.82) is 0 Å². The lowest BCUT2D eigenvalue weighted by atomic mass is 9.98. The van der Waals surface area contributed by atoms with Crippen molar-refractivity contribution in [3.63, 3.8) is 0 Å². The molecule has 0 radical (unpaired) electrons. The molecule has 4 N–H and O–H groups in total. The zero-order chi connectivity index (χ0) is 17.7. The van der Waals surface area contributed by atoms with E-state index in [-0.39, 0.29) is 17.5 Å². The van der Waals surface area contributed by atoms with Crippen LogP contribution in [0.5, 0.6) is 0 Å². The maximum atomic E-state index is 13.6. The van der Waals surface area contributed by atoms with E-state index in [4.69, 9.17) is 11.5 Å². The summed E-state index contributed by atoms with van der Waals surface area (Å²) in [5, 5.41) is 0. The lowest BCUT2D eigenvalue weighted by Gasteiger charge is -2.19. The van der Waals surface area contributed by atoms with Crippen molar-refractivity contribution in [3.8, 4) is 11.1 Å². The molecule has 2 aromatic carbocycles. The summed E-state index contributed by atoms with van der Waals surface area (Å²) in [6, 6.07) is 10.9. The molecule has 1 aliphatic carbocycles. The molecule has 1 aliphatic heterocycles. The van der Waals surface area contributed by atoms with Gasteiger partial charge in [0.15, 0.2) is 0 Å². The summed E-state index contributed by atoms with van der Waals surface area (Å²) in [5.41, 5.74) is 13.1. The maximum absolute atomic E-state index is 13.6. The molecular formula is C19H18FN3O2. The quantitative estimate of drug-likeness (QED) is 0.890. The molecule has 2 atom stereocenters. The normalized spacial score (nSPS) is 24.1. The molecule has 0 aromatic heterocycles. The van der Waals surface area contributed by atoms with Crippen LogP contribution in [0.1, 0.15) is 20.7 Å². The molecule has 2 unspecified atom stereocenters. The molecule has 1 heterocycles. The van der Waals surface area contributed by atoms with Gasteiger partial charge in [-0.15, -0.1) is 0 Å². The number of benzene rings is 2. The number of rotatable bonds is 3. The fraction of sp³-hybridized carbons (Fsp3) is 0.263. The van der Waals surface area contributed by atoms with Crippen molar-refractivity contribution >= 4 is 11.8 Å². The molecule has 0 spiro atoms. The summed E-state index contributed by atoms with van der Waals surface area (Å²) in [7, 11) is 0. The molecule has 5 nitrogen and oxygen atoms in total. The number of piperidine rings is 1. The number of hydrogen-bond donors (Lipinski definition) is 2. The lowest BCUT2D eigenvalue weighted by Crippen LogP contribution is -2.33. The van der Waals surface area contributed by atoms with E-state index in [1.54, 1.807) is 24.3 Å². The Hall–Kier alpha value is -2.73. The Balaban J connectivity index is 1.58. The third-order valence-electron chi connectivity index (χ3n) is 5.24. The van der Waals surface area contributed by atoms with Gasteiger partial charge in [0.05, 0.1) is 0 Å². The van der Waals surface area contributed by atoms with Crippen molar-refractivity contribution in [1.82, 2.24) is 4.90 Å². The Morgan fingerprint density at radius 3 is 2.28 bits per heavy atom. The Morgan fingerprint density at radius 1 is 1.04 bits per heavy atom. The van der Waals surface area contributed by atoms with Crippen LogP contribution in [0.15, 0.2) is 42.5 Å². The zero-order valence-corrected chi connectivity index (χ0v) is 13.5. The molecule has 4 rings (SSSR count). The summed E-state index contributed by atoms with van der Waals surface area (Å²) < 4.78 is 13.6. The van der Waals surface area contributed by atoms with Gasteiger partial charge in [-0.2, -0.15) is 0 Å². The van der Waals surface area contributed by atoms with Gasteiger partial charge in [-0.05, 0) is 53.3 Å². The van der Waals surface area contributed by atoms with Crippen molar-refractivity contribution in [2.45, 2.75) is 6.04 Å². The average Bonchev–Trinajstić information content (AvgIpc) is 3.02. The van der Waals surface area contributed by atoms with E-state index in [1.165, 1.54) is 18.2 Å². The number of nitrogens with two attached hydrogens (primary N) is 2. The second-order valence-electron chi connectivity index (χ2n) is 6.75. The van der Waals surface area contributed by atoms with Crippen LogP contribution in [-0.2, 0) is 0 Å².